The summed E-state index contributed by atoms with van der Waals surface area (Å²) in [6.07, 6.45) is 0. The van der Waals surface area contributed by atoms with Crippen molar-refractivity contribution >= 4 is 34.2 Å². The number of morpholine rings is 1. The topological polar surface area (TPSA) is 75.9 Å². The van der Waals surface area contributed by atoms with Gasteiger partial charge in [0.1, 0.15) is 0 Å². The van der Waals surface area contributed by atoms with Crippen LogP contribution < -0.4 is 0 Å². The minimum absolute atomic E-state index is 0.233. The van der Waals surface area contributed by atoms with E-state index in [4.69, 9.17) is 17.0 Å². The molecule has 1 unspecified atom stereocenters. The number of hydrazine groups is 1. The Morgan fingerprint density at radius 3 is 2.59 bits per heavy atom. The van der Waals surface area contributed by atoms with E-state index < -0.39 is 15.7 Å². The second kappa shape index (κ2) is 4.48. The molecule has 2 aliphatic heterocycles. The van der Waals surface area contributed by atoms with Crippen LogP contribution in [0.25, 0.3) is 0 Å². The maximum Gasteiger partial charge on any atom is 0.349 e. The zero-order valence-electron chi connectivity index (χ0n) is 9.12. The molecule has 0 radical (unpaired) electrons. The third kappa shape index (κ3) is 2.03. The van der Waals surface area contributed by atoms with Crippen LogP contribution in [0.1, 0.15) is 6.92 Å². The summed E-state index contributed by atoms with van der Waals surface area (Å²) < 4.78 is 5.40. The largest absolute Gasteiger partial charge is 0.379 e. The van der Waals surface area contributed by atoms with Gasteiger partial charge in [-0.1, -0.05) is 12.2 Å². The van der Waals surface area contributed by atoms with Crippen molar-refractivity contribution in [3.05, 3.63) is 10.1 Å². The van der Waals surface area contributed by atoms with Crippen LogP contribution >= 0.6 is 24.0 Å². The maximum atomic E-state index is 12.1. The number of hydrogen-bond acceptors (Lipinski definition) is 7. The highest BCUT2D eigenvalue weighted by atomic mass is 32.2. The van der Waals surface area contributed by atoms with Crippen LogP contribution in [0.15, 0.2) is 0 Å². The molecule has 0 aromatic rings. The minimum Gasteiger partial charge on any atom is -0.379 e. The summed E-state index contributed by atoms with van der Waals surface area (Å²) in [6, 6.07) is 0. The molecule has 0 aliphatic carbocycles. The lowest BCUT2D eigenvalue weighted by Gasteiger charge is -2.33. The first-order valence-corrected chi connectivity index (χ1v) is 6.24. The molecule has 0 aromatic heterocycles. The summed E-state index contributed by atoms with van der Waals surface area (Å²) in [5.41, 5.74) is 0. The van der Waals surface area contributed by atoms with Crippen molar-refractivity contribution in [1.82, 2.24) is 10.0 Å². The van der Waals surface area contributed by atoms with Gasteiger partial charge in [0.15, 0.2) is 4.32 Å². The average molecular weight is 277 g/mol. The summed E-state index contributed by atoms with van der Waals surface area (Å²) >= 11 is 5.86. The van der Waals surface area contributed by atoms with E-state index in [-0.39, 0.29) is 4.32 Å². The van der Waals surface area contributed by atoms with Gasteiger partial charge in [0.2, 0.25) is 0 Å². The molecule has 17 heavy (non-hydrogen) atoms. The maximum absolute atomic E-state index is 12.1. The summed E-state index contributed by atoms with van der Waals surface area (Å²) in [4.78, 5) is 20.7. The van der Waals surface area contributed by atoms with E-state index in [1.165, 1.54) is 11.9 Å². The van der Waals surface area contributed by atoms with Crippen LogP contribution in [0.5, 0.6) is 0 Å². The number of thiocarbonyl (C=S) groups is 1. The molecule has 1 atom stereocenters. The molecule has 0 spiro atoms. The number of carbonyl (C=O) groups is 1. The van der Waals surface area contributed by atoms with Crippen LogP contribution in [-0.4, -0.2) is 56.3 Å². The highest BCUT2D eigenvalue weighted by molar-refractivity contribution is 8.24. The number of amides is 1. The highest BCUT2D eigenvalue weighted by Gasteiger charge is 2.59. The Morgan fingerprint density at radius 2 is 2.12 bits per heavy atom. The number of hydrogen-bond donors (Lipinski definition) is 0. The van der Waals surface area contributed by atoms with E-state index in [2.05, 4.69) is 0 Å². The molecule has 2 saturated heterocycles. The second-order valence-electron chi connectivity index (χ2n) is 3.79. The number of thioether (sulfide) groups is 1. The van der Waals surface area contributed by atoms with Gasteiger partial charge in [0, 0.05) is 24.9 Å². The van der Waals surface area contributed by atoms with Crippen molar-refractivity contribution in [3.8, 4) is 0 Å². The Hall–Kier alpha value is -0.770. The smallest absolute Gasteiger partial charge is 0.349 e. The van der Waals surface area contributed by atoms with Crippen LogP contribution in [0, 0.1) is 10.1 Å². The summed E-state index contributed by atoms with van der Waals surface area (Å²) in [5, 5.41) is 13.9. The van der Waals surface area contributed by atoms with E-state index >= 15 is 0 Å². The first kappa shape index (κ1) is 12.7. The zero-order valence-corrected chi connectivity index (χ0v) is 10.8. The highest BCUT2D eigenvalue weighted by Crippen LogP contribution is 2.38. The fraction of sp³-hybridized carbons (Fsp3) is 0.750. The van der Waals surface area contributed by atoms with Crippen molar-refractivity contribution in [2.24, 2.45) is 0 Å². The van der Waals surface area contributed by atoms with E-state index in [0.717, 1.165) is 11.8 Å². The van der Waals surface area contributed by atoms with Gasteiger partial charge in [-0.15, -0.1) is 0 Å². The molecule has 9 heteroatoms. The van der Waals surface area contributed by atoms with Crippen molar-refractivity contribution in [3.63, 3.8) is 0 Å². The van der Waals surface area contributed by atoms with E-state index in [0.29, 0.717) is 26.3 Å². The molecule has 2 rings (SSSR count). The second-order valence-corrected chi connectivity index (χ2v) is 5.82. The van der Waals surface area contributed by atoms with Gasteiger partial charge >= 0.3 is 10.8 Å². The Kier molecular flexibility index (Phi) is 3.34. The van der Waals surface area contributed by atoms with Gasteiger partial charge < -0.3 is 4.74 Å². The lowest BCUT2D eigenvalue weighted by atomic mass is 10.3. The Labute approximate surface area is 107 Å². The van der Waals surface area contributed by atoms with Crippen LogP contribution in [0.3, 0.4) is 0 Å². The summed E-state index contributed by atoms with van der Waals surface area (Å²) in [6.45, 7) is 3.30. The number of carbonyl (C=O) groups excluding carboxylic acids is 1. The van der Waals surface area contributed by atoms with E-state index in [1.807, 2.05) is 0 Å². The SMILES string of the molecule is CC1([N+](=O)[O-])SC(=S)N(N2CCOCC2)C1=O. The normalized spacial score (nSPS) is 31.0. The van der Waals surface area contributed by atoms with E-state index in [9.17, 15) is 14.9 Å². The molecule has 1 amide bonds. The molecule has 7 nitrogen and oxygen atoms in total. The monoisotopic (exact) mass is 277 g/mol. The fourth-order valence-electron chi connectivity index (χ4n) is 1.65. The predicted molar refractivity (Wildman–Crippen MR) is 64.8 cm³/mol. The van der Waals surface area contributed by atoms with Gasteiger partial charge in [-0.3, -0.25) is 14.9 Å². The number of ether oxygens (including phenoxy) is 1. The van der Waals surface area contributed by atoms with Crippen molar-refractivity contribution in [2.45, 2.75) is 11.8 Å². The minimum atomic E-state index is -1.70. The molecular formula is C8H11N3O4S2. The molecule has 0 aromatic carbocycles. The quantitative estimate of drug-likeness (QED) is 0.402. The number of nitro groups is 1. The predicted octanol–water partition coefficient (Wildman–Crippen LogP) is 0.0868. The third-order valence-corrected chi connectivity index (χ3v) is 4.16. The van der Waals surface area contributed by atoms with Gasteiger partial charge in [0.05, 0.1) is 13.2 Å². The van der Waals surface area contributed by atoms with Gasteiger partial charge in [-0.2, -0.15) is 0 Å². The Morgan fingerprint density at radius 1 is 1.53 bits per heavy atom. The van der Waals surface area contributed by atoms with Gasteiger partial charge in [0.25, 0.3) is 0 Å². The van der Waals surface area contributed by atoms with Crippen LogP contribution in [0.2, 0.25) is 0 Å². The van der Waals surface area contributed by atoms with Crippen LogP contribution in [-0.2, 0) is 9.53 Å². The van der Waals surface area contributed by atoms with Gasteiger partial charge in [-0.05, 0) is 11.8 Å². The van der Waals surface area contributed by atoms with Crippen molar-refractivity contribution in [2.75, 3.05) is 26.3 Å². The van der Waals surface area contributed by atoms with Gasteiger partial charge in [-0.25, -0.2) is 10.0 Å². The standard InChI is InChI=1S/C8H11N3O4S2/c1-8(11(13)14)6(12)10(7(16)17-8)9-2-4-15-5-3-9/h2-5H2,1H3. The molecule has 2 fully saturated rings. The molecule has 0 N–H and O–H groups in total. The summed E-state index contributed by atoms with van der Waals surface area (Å²) in [7, 11) is 0. The molecule has 2 aliphatic rings. The molecular weight excluding hydrogens is 266 g/mol. The first-order valence-electron chi connectivity index (χ1n) is 5.01. The molecule has 0 saturated carbocycles. The molecule has 94 valence electrons. The Balaban J connectivity index is 2.22. The third-order valence-electron chi connectivity index (χ3n) is 2.67. The molecule has 0 bridgehead atoms. The summed E-state index contributed by atoms with van der Waals surface area (Å²) in [5.74, 6) is -0.584. The van der Waals surface area contributed by atoms with Crippen molar-refractivity contribution < 1.29 is 14.5 Å². The van der Waals surface area contributed by atoms with Crippen LogP contribution in [0.4, 0.5) is 0 Å². The number of rotatable bonds is 2. The first-order chi connectivity index (χ1) is 7.97. The molecule has 2 heterocycles. The fourth-order valence-corrected chi connectivity index (χ4v) is 3.21. The van der Waals surface area contributed by atoms with Crippen molar-refractivity contribution in [1.29, 1.82) is 0 Å². The van der Waals surface area contributed by atoms with E-state index in [1.54, 1.807) is 5.01 Å². The average Bonchev–Trinajstić information content (AvgIpc) is 2.52. The number of nitrogens with zero attached hydrogens (tertiary/aromatic N) is 3. The lowest BCUT2D eigenvalue weighted by Crippen LogP contribution is -2.54. The zero-order chi connectivity index (χ0) is 12.6. The lowest BCUT2D eigenvalue weighted by molar-refractivity contribution is -0.518. The Bertz CT molecular complexity index is 385.